The smallest absolute Gasteiger partial charge is 0.257 e. The standard InChI is InChI=1S/C18H17N3O2S2/c1-3-24-14-6-4-5-12(9-14)17(23)21-18-20-15-8-7-13(19-11(2)22)10-16(15)25-18/h4-10H,3H2,1-2H3,(H,19,22)(H,20,21,23). The van der Waals surface area contributed by atoms with Crippen LogP contribution in [0.4, 0.5) is 10.8 Å². The number of rotatable bonds is 5. The molecule has 0 saturated carbocycles. The maximum atomic E-state index is 12.4. The summed E-state index contributed by atoms with van der Waals surface area (Å²) in [5.74, 6) is 0.654. The molecular weight excluding hydrogens is 354 g/mol. The molecule has 2 amide bonds. The number of hydrogen-bond donors (Lipinski definition) is 2. The second-order valence-corrected chi connectivity index (χ2v) is 7.67. The first kappa shape index (κ1) is 17.4. The number of fused-ring (bicyclic) bond motifs is 1. The second-order valence-electron chi connectivity index (χ2n) is 5.30. The van der Waals surface area contributed by atoms with Crippen LogP contribution in [0.15, 0.2) is 47.4 Å². The van der Waals surface area contributed by atoms with Crippen LogP contribution in [0.25, 0.3) is 10.2 Å². The van der Waals surface area contributed by atoms with Crippen LogP contribution in [0.3, 0.4) is 0 Å². The van der Waals surface area contributed by atoms with Crippen LogP contribution in [0.5, 0.6) is 0 Å². The Morgan fingerprint density at radius 1 is 1.16 bits per heavy atom. The normalized spacial score (nSPS) is 10.6. The third-order valence-electron chi connectivity index (χ3n) is 3.34. The van der Waals surface area contributed by atoms with Gasteiger partial charge in [-0.1, -0.05) is 24.3 Å². The average Bonchev–Trinajstić information content (AvgIpc) is 2.96. The van der Waals surface area contributed by atoms with E-state index in [-0.39, 0.29) is 11.8 Å². The predicted octanol–water partition coefficient (Wildman–Crippen LogP) is 4.62. The number of nitrogens with one attached hydrogen (secondary N) is 2. The summed E-state index contributed by atoms with van der Waals surface area (Å²) in [5.41, 5.74) is 2.10. The topological polar surface area (TPSA) is 71.1 Å². The number of amides is 2. The highest BCUT2D eigenvalue weighted by Crippen LogP contribution is 2.29. The quantitative estimate of drug-likeness (QED) is 0.642. The molecule has 0 atom stereocenters. The fourth-order valence-electron chi connectivity index (χ4n) is 2.32. The van der Waals surface area contributed by atoms with Gasteiger partial charge < -0.3 is 5.32 Å². The molecule has 0 unspecified atom stereocenters. The molecule has 3 rings (SSSR count). The van der Waals surface area contributed by atoms with Crippen molar-refractivity contribution in [2.45, 2.75) is 18.7 Å². The van der Waals surface area contributed by atoms with Gasteiger partial charge in [-0.2, -0.15) is 0 Å². The van der Waals surface area contributed by atoms with Gasteiger partial charge in [-0.3, -0.25) is 14.9 Å². The molecule has 1 aromatic heterocycles. The zero-order valence-electron chi connectivity index (χ0n) is 13.8. The van der Waals surface area contributed by atoms with Gasteiger partial charge in [-0.15, -0.1) is 11.8 Å². The molecule has 0 bridgehead atoms. The summed E-state index contributed by atoms with van der Waals surface area (Å²) in [4.78, 5) is 29.1. The molecule has 2 aromatic carbocycles. The lowest BCUT2D eigenvalue weighted by atomic mass is 10.2. The summed E-state index contributed by atoms with van der Waals surface area (Å²) in [7, 11) is 0. The third kappa shape index (κ3) is 4.37. The molecule has 0 spiro atoms. The van der Waals surface area contributed by atoms with E-state index in [2.05, 4.69) is 22.5 Å². The SMILES string of the molecule is CCSc1cccc(C(=O)Nc2nc3ccc(NC(C)=O)cc3s2)c1. The van der Waals surface area contributed by atoms with Gasteiger partial charge in [0.25, 0.3) is 5.91 Å². The number of nitrogens with zero attached hydrogens (tertiary/aromatic N) is 1. The number of hydrogen-bond acceptors (Lipinski definition) is 5. The predicted molar refractivity (Wildman–Crippen MR) is 105 cm³/mol. The number of anilines is 2. The Bertz CT molecular complexity index is 937. The monoisotopic (exact) mass is 371 g/mol. The lowest BCUT2D eigenvalue weighted by Gasteiger charge is -2.04. The largest absolute Gasteiger partial charge is 0.326 e. The lowest BCUT2D eigenvalue weighted by Crippen LogP contribution is -2.11. The first-order valence-corrected chi connectivity index (χ1v) is 9.58. The van der Waals surface area contributed by atoms with Crippen molar-refractivity contribution < 1.29 is 9.59 Å². The molecule has 2 N–H and O–H groups in total. The van der Waals surface area contributed by atoms with Gasteiger partial charge in [0.15, 0.2) is 5.13 Å². The summed E-state index contributed by atoms with van der Waals surface area (Å²) < 4.78 is 0.900. The van der Waals surface area contributed by atoms with E-state index in [0.717, 1.165) is 20.9 Å². The molecule has 1 heterocycles. The van der Waals surface area contributed by atoms with Gasteiger partial charge in [0.2, 0.25) is 5.91 Å². The second kappa shape index (κ2) is 7.67. The van der Waals surface area contributed by atoms with Crippen molar-refractivity contribution >= 4 is 55.9 Å². The fraction of sp³-hybridized carbons (Fsp3) is 0.167. The Morgan fingerprint density at radius 3 is 2.76 bits per heavy atom. The summed E-state index contributed by atoms with van der Waals surface area (Å²) >= 11 is 3.07. The van der Waals surface area contributed by atoms with Gasteiger partial charge in [0.05, 0.1) is 10.2 Å². The molecule has 0 aliphatic carbocycles. The Kier molecular flexibility index (Phi) is 5.35. The Hall–Kier alpha value is -2.38. The van der Waals surface area contributed by atoms with Crippen molar-refractivity contribution in [2.75, 3.05) is 16.4 Å². The van der Waals surface area contributed by atoms with Gasteiger partial charge >= 0.3 is 0 Å². The summed E-state index contributed by atoms with van der Waals surface area (Å²) in [6.45, 7) is 3.54. The molecule has 0 radical (unpaired) electrons. The Morgan fingerprint density at radius 2 is 2.00 bits per heavy atom. The first-order chi connectivity index (χ1) is 12.0. The van der Waals surface area contributed by atoms with Gasteiger partial charge in [-0.05, 0) is 42.2 Å². The van der Waals surface area contributed by atoms with E-state index in [4.69, 9.17) is 0 Å². The Labute approximate surface area is 153 Å². The highest BCUT2D eigenvalue weighted by molar-refractivity contribution is 7.99. The van der Waals surface area contributed by atoms with Gasteiger partial charge in [0.1, 0.15) is 0 Å². The van der Waals surface area contributed by atoms with E-state index in [0.29, 0.717) is 16.4 Å². The highest BCUT2D eigenvalue weighted by atomic mass is 32.2. The van der Waals surface area contributed by atoms with E-state index >= 15 is 0 Å². The minimum Gasteiger partial charge on any atom is -0.326 e. The zero-order chi connectivity index (χ0) is 17.8. The molecule has 0 saturated heterocycles. The highest BCUT2D eigenvalue weighted by Gasteiger charge is 2.11. The summed E-state index contributed by atoms with van der Waals surface area (Å²) in [6.07, 6.45) is 0. The van der Waals surface area contributed by atoms with Crippen molar-refractivity contribution in [3.63, 3.8) is 0 Å². The molecule has 128 valence electrons. The van der Waals surface area contributed by atoms with Crippen molar-refractivity contribution in [2.24, 2.45) is 0 Å². The maximum Gasteiger partial charge on any atom is 0.257 e. The van der Waals surface area contributed by atoms with E-state index < -0.39 is 0 Å². The van der Waals surface area contributed by atoms with E-state index in [9.17, 15) is 9.59 Å². The Balaban J connectivity index is 1.79. The van der Waals surface area contributed by atoms with Crippen molar-refractivity contribution in [1.82, 2.24) is 4.98 Å². The van der Waals surface area contributed by atoms with Crippen LogP contribution >= 0.6 is 23.1 Å². The van der Waals surface area contributed by atoms with Crippen molar-refractivity contribution in [3.8, 4) is 0 Å². The molecule has 0 aliphatic heterocycles. The summed E-state index contributed by atoms with van der Waals surface area (Å²) in [6, 6.07) is 13.0. The van der Waals surface area contributed by atoms with Crippen molar-refractivity contribution in [1.29, 1.82) is 0 Å². The van der Waals surface area contributed by atoms with Crippen molar-refractivity contribution in [3.05, 3.63) is 48.0 Å². The zero-order valence-corrected chi connectivity index (χ0v) is 15.5. The number of thiazole rings is 1. The molecule has 7 heteroatoms. The molecule has 25 heavy (non-hydrogen) atoms. The lowest BCUT2D eigenvalue weighted by molar-refractivity contribution is -0.114. The molecule has 3 aromatic rings. The molecular formula is C18H17N3O2S2. The third-order valence-corrected chi connectivity index (χ3v) is 5.15. The number of carbonyl (C=O) groups is 2. The van der Waals surface area contributed by atoms with Crippen LogP contribution in [-0.4, -0.2) is 22.6 Å². The van der Waals surface area contributed by atoms with Gasteiger partial charge in [0, 0.05) is 23.1 Å². The number of benzene rings is 2. The molecule has 0 fully saturated rings. The van der Waals surface area contributed by atoms with Crippen LogP contribution < -0.4 is 10.6 Å². The van der Waals surface area contributed by atoms with Gasteiger partial charge in [-0.25, -0.2) is 4.98 Å². The van der Waals surface area contributed by atoms with E-state index in [1.54, 1.807) is 23.9 Å². The van der Waals surface area contributed by atoms with Crippen LogP contribution in [-0.2, 0) is 4.79 Å². The number of thioether (sulfide) groups is 1. The van der Waals surface area contributed by atoms with E-state index in [1.807, 2.05) is 30.3 Å². The molecule has 5 nitrogen and oxygen atoms in total. The van der Waals surface area contributed by atoms with E-state index in [1.165, 1.54) is 18.3 Å². The minimum atomic E-state index is -0.181. The average molecular weight is 371 g/mol. The first-order valence-electron chi connectivity index (χ1n) is 7.77. The van der Waals surface area contributed by atoms with Crippen LogP contribution in [0.2, 0.25) is 0 Å². The van der Waals surface area contributed by atoms with Crippen LogP contribution in [0.1, 0.15) is 24.2 Å². The fourth-order valence-corrected chi connectivity index (χ4v) is 3.94. The number of carbonyl (C=O) groups excluding carboxylic acids is 2. The number of aromatic nitrogens is 1. The van der Waals surface area contributed by atoms with Crippen LogP contribution in [0, 0.1) is 0 Å². The molecule has 0 aliphatic rings. The summed E-state index contributed by atoms with van der Waals surface area (Å²) in [5, 5.41) is 6.13. The minimum absolute atomic E-state index is 0.123. The maximum absolute atomic E-state index is 12.4.